The number of thiophene rings is 2. The summed E-state index contributed by atoms with van der Waals surface area (Å²) in [6.45, 7) is 16.4. The van der Waals surface area contributed by atoms with Crippen molar-refractivity contribution in [2.45, 2.75) is 145 Å². The van der Waals surface area contributed by atoms with Crippen molar-refractivity contribution >= 4 is 72.5 Å². The largest absolute Gasteiger partial charge is 0.477 e. The molecule has 2 saturated carbocycles. The van der Waals surface area contributed by atoms with E-state index in [9.17, 15) is 43.4 Å². The molecule has 0 bridgehead atoms. The van der Waals surface area contributed by atoms with Gasteiger partial charge in [0.05, 0.1) is 21.1 Å². The van der Waals surface area contributed by atoms with Crippen LogP contribution in [0.1, 0.15) is 162 Å². The first-order chi connectivity index (χ1) is 30.3. The van der Waals surface area contributed by atoms with Gasteiger partial charge in [0.2, 0.25) is 26.6 Å². The lowest BCUT2D eigenvalue weighted by molar-refractivity contribution is -0.124. The maximum absolute atomic E-state index is 13.8. The fourth-order valence-corrected chi connectivity index (χ4v) is 14.3. The maximum atomic E-state index is 13.8. The van der Waals surface area contributed by atoms with Crippen LogP contribution >= 0.6 is 37.4 Å². The number of hydrogen-bond acceptors (Lipinski definition) is 9. The maximum Gasteiger partial charge on any atom is 0.348 e. The van der Waals surface area contributed by atoms with Crippen LogP contribution in [-0.2, 0) is 23.2 Å². The van der Waals surface area contributed by atoms with Crippen LogP contribution in [0, 0.1) is 58.2 Å². The molecule has 12 nitrogen and oxygen atoms in total. The van der Waals surface area contributed by atoms with Crippen LogP contribution in [0.5, 0.6) is 0 Å². The topological polar surface area (TPSA) is 179 Å². The Morgan fingerprint density at radius 1 is 0.615 bits per heavy atom. The van der Waals surface area contributed by atoms with E-state index in [2.05, 4.69) is 37.5 Å². The van der Waals surface area contributed by atoms with E-state index in [1.807, 2.05) is 41.5 Å². The normalized spacial score (nSPS) is 28.2. The van der Waals surface area contributed by atoms with Gasteiger partial charge >= 0.3 is 11.9 Å². The molecule has 2 saturated heterocycles. The van der Waals surface area contributed by atoms with E-state index in [0.29, 0.717) is 71.0 Å². The van der Waals surface area contributed by atoms with Gasteiger partial charge in [-0.1, -0.05) is 37.5 Å². The molecule has 2 aliphatic carbocycles. The lowest BCUT2D eigenvalue weighted by atomic mass is 9.82. The molecule has 0 aromatic carbocycles. The van der Waals surface area contributed by atoms with Gasteiger partial charge in [-0.25, -0.2) is 9.59 Å². The Kier molecular flexibility index (Phi) is 17.7. The second-order valence-corrected chi connectivity index (χ2v) is 28.4. The number of nitrogens with zero attached hydrogens (tertiary/aromatic N) is 2. The minimum Gasteiger partial charge on any atom is -0.477 e. The van der Waals surface area contributed by atoms with Crippen molar-refractivity contribution in [3.63, 3.8) is 0 Å². The standard InChI is InChI=1S/C25H36NO5PS.C24H34NO5PS/c1-17-6-8-18(9-7-17)23(27)26(19-11-14-32(30,31-5)15-12-19)21-16-20(10-13-25(2,3)4)33-22(21)24(28)29;1-16-5-7-17(8-6-16)22(26)25(18-10-13-31(29,30)14-11-18)20-15-19(9-12-24(2,3)4)32-21(20)23(27)28/h16-19H,6-9,11-12,14-15H2,1-5H3,(H,28,29);15-18H,5-8,10-11,13-14H2,1-4H3,(H,27,28)(H,29,30). The second kappa shape index (κ2) is 21.8. The first kappa shape index (κ1) is 52.7. The highest BCUT2D eigenvalue weighted by Gasteiger charge is 2.41. The Labute approximate surface area is 394 Å². The average Bonchev–Trinajstić information content (AvgIpc) is 3.86. The zero-order chi connectivity index (χ0) is 48.1. The third-order valence-electron chi connectivity index (χ3n) is 13.0. The number of aromatic carboxylic acids is 2. The highest BCUT2D eigenvalue weighted by Crippen LogP contribution is 2.52. The van der Waals surface area contributed by atoms with Gasteiger partial charge in [-0.2, -0.15) is 0 Å². The molecule has 16 heteroatoms. The number of hydrogen-bond donors (Lipinski definition) is 3. The van der Waals surface area contributed by atoms with Gasteiger partial charge in [0.15, 0.2) is 0 Å². The predicted molar refractivity (Wildman–Crippen MR) is 262 cm³/mol. The van der Waals surface area contributed by atoms with E-state index in [1.165, 1.54) is 7.11 Å². The highest BCUT2D eigenvalue weighted by molar-refractivity contribution is 7.59. The SMILES string of the molecule is CC1CCC(C(=O)N(c2cc(C#CC(C)(C)C)sc2C(=O)O)C2CCP(=O)(O)CC2)CC1.COP1(=O)CCC(N(C(=O)C2CCC(C)CC2)c2cc(C#CC(C)(C)C)sc2C(=O)O)CC1. The fourth-order valence-electron chi connectivity index (χ4n) is 9.05. The zero-order valence-corrected chi connectivity index (χ0v) is 43.2. The van der Waals surface area contributed by atoms with Crippen LogP contribution in [0.2, 0.25) is 0 Å². The molecule has 358 valence electrons. The van der Waals surface area contributed by atoms with Gasteiger partial charge in [0, 0.05) is 66.5 Å². The van der Waals surface area contributed by atoms with E-state index in [-0.39, 0.29) is 68.6 Å². The third-order valence-corrected chi connectivity index (χ3v) is 19.5. The Morgan fingerprint density at radius 2 is 0.954 bits per heavy atom. The predicted octanol–water partition coefficient (Wildman–Crippen LogP) is 11.5. The molecule has 2 amide bonds. The zero-order valence-electron chi connectivity index (χ0n) is 39.7. The van der Waals surface area contributed by atoms with E-state index in [0.717, 1.165) is 74.0 Å². The summed E-state index contributed by atoms with van der Waals surface area (Å²) < 4.78 is 30.2. The van der Waals surface area contributed by atoms with Crippen molar-refractivity contribution in [3.8, 4) is 23.7 Å². The molecule has 4 aliphatic rings. The molecule has 0 spiro atoms. The first-order valence-corrected chi connectivity index (χ1v) is 28.9. The molecule has 2 aromatic heterocycles. The summed E-state index contributed by atoms with van der Waals surface area (Å²) in [4.78, 5) is 66.7. The number of carbonyl (C=O) groups is 4. The Balaban J connectivity index is 0.000000244. The van der Waals surface area contributed by atoms with Crippen LogP contribution in [0.4, 0.5) is 11.4 Å². The molecule has 2 aliphatic heterocycles. The number of carbonyl (C=O) groups excluding carboxylic acids is 2. The number of carboxylic acids is 2. The van der Waals surface area contributed by atoms with E-state index >= 15 is 0 Å². The number of carboxylic acid groups (broad SMARTS) is 2. The summed E-state index contributed by atoms with van der Waals surface area (Å²) in [6.07, 6.45) is 10.2. The van der Waals surface area contributed by atoms with E-state index in [4.69, 9.17) is 4.52 Å². The first-order valence-electron chi connectivity index (χ1n) is 23.2. The number of rotatable bonds is 9. The quantitative estimate of drug-likeness (QED) is 0.162. The van der Waals surface area contributed by atoms with Gasteiger partial charge in [-0.05, 0) is 143 Å². The summed E-state index contributed by atoms with van der Waals surface area (Å²) >= 11 is 2.22. The molecule has 0 atom stereocenters. The van der Waals surface area contributed by atoms with Crippen LogP contribution in [-0.4, -0.2) is 82.7 Å². The van der Waals surface area contributed by atoms with Crippen molar-refractivity contribution in [2.24, 2.45) is 34.5 Å². The lowest BCUT2D eigenvalue weighted by Crippen LogP contribution is -2.47. The second-order valence-electron chi connectivity index (χ2n) is 20.8. The average molecular weight is 973 g/mol. The monoisotopic (exact) mass is 972 g/mol. The Bertz CT molecular complexity index is 2260. The van der Waals surface area contributed by atoms with Crippen molar-refractivity contribution in [1.82, 2.24) is 0 Å². The summed E-state index contributed by atoms with van der Waals surface area (Å²) in [5, 5.41) is 19.9. The molecule has 6 rings (SSSR count). The summed E-state index contributed by atoms with van der Waals surface area (Å²) in [5.41, 5.74) is 0.387. The van der Waals surface area contributed by atoms with Gasteiger partial charge < -0.3 is 29.4 Å². The van der Waals surface area contributed by atoms with Crippen molar-refractivity contribution in [1.29, 1.82) is 0 Å². The Morgan fingerprint density at radius 3 is 1.26 bits per heavy atom. The van der Waals surface area contributed by atoms with Gasteiger partial charge in [0.25, 0.3) is 0 Å². The molecule has 0 radical (unpaired) electrons. The van der Waals surface area contributed by atoms with Gasteiger partial charge in [0.1, 0.15) is 9.75 Å². The molecule has 4 heterocycles. The van der Waals surface area contributed by atoms with Crippen molar-refractivity contribution in [2.75, 3.05) is 41.6 Å². The molecule has 65 heavy (non-hydrogen) atoms. The number of amides is 2. The van der Waals surface area contributed by atoms with Gasteiger partial charge in [-0.3, -0.25) is 18.7 Å². The van der Waals surface area contributed by atoms with Crippen LogP contribution < -0.4 is 9.80 Å². The minimum absolute atomic E-state index is 0.00307. The van der Waals surface area contributed by atoms with Crippen LogP contribution in [0.15, 0.2) is 12.1 Å². The fraction of sp³-hybridized carbons (Fsp3) is 0.673. The molecule has 3 N–H and O–H groups in total. The summed E-state index contributed by atoms with van der Waals surface area (Å²) in [6, 6.07) is 3.03. The highest BCUT2D eigenvalue weighted by atomic mass is 32.1. The van der Waals surface area contributed by atoms with Gasteiger partial charge in [-0.15, -0.1) is 22.7 Å². The molecular formula is C49H70N2O10P2S2. The molecular weight excluding hydrogens is 903 g/mol. The molecule has 2 aromatic rings. The number of anilines is 2. The van der Waals surface area contributed by atoms with Crippen LogP contribution in [0.25, 0.3) is 0 Å². The smallest absolute Gasteiger partial charge is 0.348 e. The van der Waals surface area contributed by atoms with E-state index < -0.39 is 26.7 Å². The molecule has 0 unspecified atom stereocenters. The van der Waals surface area contributed by atoms with Crippen LogP contribution in [0.3, 0.4) is 0 Å². The van der Waals surface area contributed by atoms with Crippen molar-refractivity contribution < 1.29 is 47.9 Å². The van der Waals surface area contributed by atoms with E-state index in [1.54, 1.807) is 21.9 Å². The minimum atomic E-state index is -3.15. The van der Waals surface area contributed by atoms with Crippen molar-refractivity contribution in [3.05, 3.63) is 31.6 Å². The summed E-state index contributed by atoms with van der Waals surface area (Å²) in [5.74, 6) is 11.3. The lowest BCUT2D eigenvalue weighted by Gasteiger charge is -2.39. The Hall–Kier alpha value is -3.22. The molecule has 4 fully saturated rings. The third kappa shape index (κ3) is 14.6. The summed E-state index contributed by atoms with van der Waals surface area (Å²) in [7, 11) is -4.34.